The molecule has 8 heteroatoms. The van der Waals surface area contributed by atoms with Crippen LogP contribution in [0.3, 0.4) is 0 Å². The molecule has 0 amide bonds. The highest BCUT2D eigenvalue weighted by Crippen LogP contribution is 2.26. The summed E-state index contributed by atoms with van der Waals surface area (Å²) in [5, 5.41) is 16.6. The van der Waals surface area contributed by atoms with E-state index in [9.17, 15) is 10.1 Å². The van der Waals surface area contributed by atoms with E-state index in [1.165, 1.54) is 10.6 Å². The summed E-state index contributed by atoms with van der Waals surface area (Å²) in [4.78, 5) is 19.1. The van der Waals surface area contributed by atoms with Crippen molar-refractivity contribution in [1.29, 1.82) is 5.26 Å². The lowest BCUT2D eigenvalue weighted by atomic mass is 10.2. The maximum absolute atomic E-state index is 12.5. The van der Waals surface area contributed by atoms with Crippen molar-refractivity contribution in [3.8, 4) is 17.5 Å². The zero-order valence-corrected chi connectivity index (χ0v) is 13.9. The fourth-order valence-electron chi connectivity index (χ4n) is 3.23. The summed E-state index contributed by atoms with van der Waals surface area (Å²) in [5.41, 5.74) is 1.36. The predicted octanol–water partition coefficient (Wildman–Crippen LogP) is 2.10. The highest BCUT2D eigenvalue weighted by atomic mass is 16.5. The van der Waals surface area contributed by atoms with Gasteiger partial charge in [-0.05, 0) is 19.3 Å². The van der Waals surface area contributed by atoms with Crippen molar-refractivity contribution in [2.24, 2.45) is 0 Å². The molecule has 3 aromatic heterocycles. The predicted molar refractivity (Wildman–Crippen MR) is 91.5 cm³/mol. The number of aromatic amines is 1. The van der Waals surface area contributed by atoms with Gasteiger partial charge >= 0.3 is 0 Å². The van der Waals surface area contributed by atoms with Gasteiger partial charge in [0.05, 0.1) is 0 Å². The van der Waals surface area contributed by atoms with Gasteiger partial charge in [-0.25, -0.2) is 4.98 Å². The Kier molecular flexibility index (Phi) is 3.76. The Morgan fingerprint density at radius 3 is 2.84 bits per heavy atom. The molecule has 0 aliphatic carbocycles. The van der Waals surface area contributed by atoms with Crippen molar-refractivity contribution < 1.29 is 4.52 Å². The van der Waals surface area contributed by atoms with Crippen LogP contribution >= 0.6 is 0 Å². The number of hydrogen-bond acceptors (Lipinski definition) is 6. The Hall–Kier alpha value is -3.08. The number of H-pyrrole nitrogens is 1. The monoisotopic (exact) mass is 338 g/mol. The number of aromatic nitrogens is 4. The molecule has 3 aromatic rings. The third-order valence-corrected chi connectivity index (χ3v) is 4.45. The van der Waals surface area contributed by atoms with E-state index in [1.54, 1.807) is 6.07 Å². The van der Waals surface area contributed by atoms with E-state index in [0.29, 0.717) is 28.4 Å². The van der Waals surface area contributed by atoms with Crippen LogP contribution in [-0.4, -0.2) is 32.8 Å². The number of aryl methyl sites for hydroxylation is 1. The maximum atomic E-state index is 12.5. The normalized spacial score (nSPS) is 14.3. The Labute approximate surface area is 143 Å². The summed E-state index contributed by atoms with van der Waals surface area (Å²) >= 11 is 0. The van der Waals surface area contributed by atoms with Crippen molar-refractivity contribution in [3.05, 3.63) is 33.8 Å². The summed E-state index contributed by atoms with van der Waals surface area (Å²) in [6.45, 7) is 3.79. The molecule has 0 saturated carbocycles. The van der Waals surface area contributed by atoms with E-state index in [1.807, 2.05) is 0 Å². The summed E-state index contributed by atoms with van der Waals surface area (Å²) < 4.78 is 6.60. The number of nitrogens with one attached hydrogen (secondary N) is 1. The van der Waals surface area contributed by atoms with Gasteiger partial charge in [-0.1, -0.05) is 12.1 Å². The van der Waals surface area contributed by atoms with Crippen molar-refractivity contribution in [3.63, 3.8) is 0 Å². The van der Waals surface area contributed by atoms with Crippen molar-refractivity contribution in [2.45, 2.75) is 32.6 Å². The van der Waals surface area contributed by atoms with Gasteiger partial charge in [-0.15, -0.1) is 0 Å². The van der Waals surface area contributed by atoms with E-state index in [2.05, 4.69) is 33.1 Å². The number of nitrogens with zero attached hydrogens (tertiary/aromatic N) is 5. The molecular weight excluding hydrogens is 320 g/mol. The minimum atomic E-state index is -0.276. The number of fused-ring (bicyclic) bond motifs is 1. The first-order valence-corrected chi connectivity index (χ1v) is 8.48. The largest absolute Gasteiger partial charge is 0.361 e. The van der Waals surface area contributed by atoms with Gasteiger partial charge in [0.1, 0.15) is 34.6 Å². The van der Waals surface area contributed by atoms with Crippen molar-refractivity contribution in [2.75, 3.05) is 18.0 Å². The summed E-state index contributed by atoms with van der Waals surface area (Å²) in [6.07, 6.45) is 3.88. The Morgan fingerprint density at radius 1 is 1.32 bits per heavy atom. The second kappa shape index (κ2) is 6.09. The molecule has 1 aliphatic rings. The van der Waals surface area contributed by atoms with E-state index in [0.717, 1.165) is 44.5 Å². The molecule has 128 valence electrons. The molecule has 0 spiro atoms. The summed E-state index contributed by atoms with van der Waals surface area (Å²) in [6, 6.07) is 5.39. The molecule has 0 aromatic carbocycles. The third kappa shape index (κ3) is 2.58. The van der Waals surface area contributed by atoms with Crippen LogP contribution in [0.4, 0.5) is 5.82 Å². The standard InChI is InChI=1S/C17H18N6O2/c1-2-5-11-8-14(21-25-11)13-9-15(24)23-16(19-13)12(10-18)17(20-23)22-6-3-4-7-22/h8-9,20H,2-7H2,1H3. The minimum Gasteiger partial charge on any atom is -0.361 e. The fourth-order valence-corrected chi connectivity index (χ4v) is 3.23. The van der Waals surface area contributed by atoms with Crippen molar-refractivity contribution >= 4 is 11.5 Å². The number of anilines is 1. The molecular formula is C17H18N6O2. The molecule has 0 unspecified atom stereocenters. The number of nitriles is 1. The smallest absolute Gasteiger partial charge is 0.273 e. The molecule has 1 aliphatic heterocycles. The van der Waals surface area contributed by atoms with Gasteiger partial charge < -0.3 is 9.42 Å². The fraction of sp³-hybridized carbons (Fsp3) is 0.412. The van der Waals surface area contributed by atoms with Crippen LogP contribution in [0.2, 0.25) is 0 Å². The lowest BCUT2D eigenvalue weighted by Crippen LogP contribution is -2.20. The molecule has 0 bridgehead atoms. The molecule has 1 N–H and O–H groups in total. The first kappa shape index (κ1) is 15.4. The molecule has 1 fully saturated rings. The molecule has 8 nitrogen and oxygen atoms in total. The van der Waals surface area contributed by atoms with Crippen LogP contribution < -0.4 is 10.5 Å². The van der Waals surface area contributed by atoms with Gasteiger partial charge in [-0.2, -0.15) is 9.78 Å². The lowest BCUT2D eigenvalue weighted by molar-refractivity contribution is 0.384. The van der Waals surface area contributed by atoms with Crippen LogP contribution in [0.1, 0.15) is 37.5 Å². The van der Waals surface area contributed by atoms with Crippen LogP contribution in [0.5, 0.6) is 0 Å². The van der Waals surface area contributed by atoms with E-state index >= 15 is 0 Å². The van der Waals surface area contributed by atoms with Gasteiger partial charge in [0, 0.05) is 31.6 Å². The third-order valence-electron chi connectivity index (χ3n) is 4.45. The van der Waals surface area contributed by atoms with Gasteiger partial charge in [-0.3, -0.25) is 9.89 Å². The molecule has 25 heavy (non-hydrogen) atoms. The summed E-state index contributed by atoms with van der Waals surface area (Å²) in [7, 11) is 0. The second-order valence-electron chi connectivity index (χ2n) is 6.21. The van der Waals surface area contributed by atoms with E-state index < -0.39 is 0 Å². The van der Waals surface area contributed by atoms with Crippen LogP contribution in [0, 0.1) is 11.3 Å². The highest BCUT2D eigenvalue weighted by molar-refractivity contribution is 5.71. The van der Waals surface area contributed by atoms with Gasteiger partial charge in [0.25, 0.3) is 5.56 Å². The quantitative estimate of drug-likeness (QED) is 0.781. The molecule has 1 saturated heterocycles. The highest BCUT2D eigenvalue weighted by Gasteiger charge is 2.23. The number of rotatable bonds is 4. The maximum Gasteiger partial charge on any atom is 0.273 e. The van der Waals surface area contributed by atoms with Gasteiger partial charge in [0.15, 0.2) is 5.65 Å². The lowest BCUT2D eigenvalue weighted by Gasteiger charge is -2.14. The Morgan fingerprint density at radius 2 is 2.12 bits per heavy atom. The van der Waals surface area contributed by atoms with Crippen molar-refractivity contribution in [1.82, 2.24) is 19.8 Å². The van der Waals surface area contributed by atoms with Crippen LogP contribution in [0.25, 0.3) is 17.0 Å². The van der Waals surface area contributed by atoms with Crippen LogP contribution in [0.15, 0.2) is 21.5 Å². The Bertz CT molecular complexity index is 1020. The molecule has 0 radical (unpaired) electrons. The average molecular weight is 338 g/mol. The first-order chi connectivity index (χ1) is 12.2. The van der Waals surface area contributed by atoms with Crippen LogP contribution in [-0.2, 0) is 6.42 Å². The zero-order chi connectivity index (χ0) is 17.4. The average Bonchev–Trinajstić information content (AvgIpc) is 3.34. The van der Waals surface area contributed by atoms with E-state index in [4.69, 9.17) is 4.52 Å². The molecule has 4 rings (SSSR count). The second-order valence-corrected chi connectivity index (χ2v) is 6.21. The molecule has 0 atom stereocenters. The van der Waals surface area contributed by atoms with E-state index in [-0.39, 0.29) is 5.56 Å². The Balaban J connectivity index is 1.85. The summed E-state index contributed by atoms with van der Waals surface area (Å²) in [5.74, 6) is 1.42. The number of hydrogen-bond donors (Lipinski definition) is 1. The minimum absolute atomic E-state index is 0.276. The molecule has 4 heterocycles. The first-order valence-electron chi connectivity index (χ1n) is 8.48. The van der Waals surface area contributed by atoms with Gasteiger partial charge in [0.2, 0.25) is 0 Å². The SMILES string of the molecule is CCCc1cc(-c2cc(=O)n3[nH]c(N4CCCC4)c(C#N)c3n2)no1. The topological polar surface area (TPSA) is 103 Å². The zero-order valence-electron chi connectivity index (χ0n) is 13.9.